The van der Waals surface area contributed by atoms with E-state index < -0.39 is 5.54 Å². The SMILES string of the molecule is O/N=C\c1nccn1C(c1ccccc1)(c1ccccc1)c1ccccc1. The molecule has 0 saturated heterocycles. The maximum Gasteiger partial charge on any atom is 0.155 e. The summed E-state index contributed by atoms with van der Waals surface area (Å²) in [5.41, 5.74) is 2.62. The summed E-state index contributed by atoms with van der Waals surface area (Å²) in [7, 11) is 0. The maximum absolute atomic E-state index is 9.16. The lowest BCUT2D eigenvalue weighted by atomic mass is 9.76. The fraction of sp³-hybridized carbons (Fsp3) is 0.0435. The van der Waals surface area contributed by atoms with Crippen molar-refractivity contribution in [2.45, 2.75) is 5.54 Å². The Hall–Kier alpha value is -3.66. The van der Waals surface area contributed by atoms with Gasteiger partial charge in [0.05, 0.1) is 0 Å². The summed E-state index contributed by atoms with van der Waals surface area (Å²) < 4.78 is 2.05. The number of rotatable bonds is 5. The molecule has 1 N–H and O–H groups in total. The zero-order valence-corrected chi connectivity index (χ0v) is 14.7. The molecule has 4 rings (SSSR count). The van der Waals surface area contributed by atoms with E-state index in [1.165, 1.54) is 6.21 Å². The molecule has 0 bridgehead atoms. The van der Waals surface area contributed by atoms with Crippen LogP contribution in [0.1, 0.15) is 22.5 Å². The average molecular weight is 353 g/mol. The minimum atomic E-state index is -0.656. The smallest absolute Gasteiger partial charge is 0.155 e. The van der Waals surface area contributed by atoms with Crippen molar-refractivity contribution < 1.29 is 5.21 Å². The predicted molar refractivity (Wildman–Crippen MR) is 106 cm³/mol. The van der Waals surface area contributed by atoms with Crippen LogP contribution in [0.2, 0.25) is 0 Å². The van der Waals surface area contributed by atoms with Gasteiger partial charge >= 0.3 is 0 Å². The van der Waals surface area contributed by atoms with Gasteiger partial charge in [-0.05, 0) is 16.7 Å². The molecule has 0 amide bonds. The van der Waals surface area contributed by atoms with E-state index in [1.54, 1.807) is 6.20 Å². The minimum Gasteiger partial charge on any atom is -0.411 e. The molecule has 0 saturated carbocycles. The highest BCUT2D eigenvalue weighted by molar-refractivity contribution is 5.75. The minimum absolute atomic E-state index is 0.564. The van der Waals surface area contributed by atoms with E-state index in [0.29, 0.717) is 5.82 Å². The summed E-state index contributed by atoms with van der Waals surface area (Å²) in [5.74, 6) is 0.564. The highest BCUT2D eigenvalue weighted by Crippen LogP contribution is 2.41. The van der Waals surface area contributed by atoms with Gasteiger partial charge < -0.3 is 9.77 Å². The lowest BCUT2D eigenvalue weighted by Gasteiger charge is -2.38. The molecule has 0 radical (unpaired) electrons. The molecule has 4 heteroatoms. The van der Waals surface area contributed by atoms with Crippen molar-refractivity contribution in [2.24, 2.45) is 5.16 Å². The zero-order valence-electron chi connectivity index (χ0n) is 14.7. The van der Waals surface area contributed by atoms with Gasteiger partial charge in [0.2, 0.25) is 0 Å². The molecule has 3 aromatic carbocycles. The molecule has 1 aromatic heterocycles. The Labute approximate surface area is 158 Å². The summed E-state index contributed by atoms with van der Waals surface area (Å²) in [5, 5.41) is 12.4. The van der Waals surface area contributed by atoms with Crippen LogP contribution in [-0.4, -0.2) is 21.0 Å². The summed E-state index contributed by atoms with van der Waals surface area (Å²) in [6, 6.07) is 30.9. The second kappa shape index (κ2) is 7.30. The van der Waals surface area contributed by atoms with Crippen molar-refractivity contribution in [2.75, 3.05) is 0 Å². The number of nitrogens with zero attached hydrogens (tertiary/aromatic N) is 3. The first-order chi connectivity index (χ1) is 13.4. The van der Waals surface area contributed by atoms with Gasteiger partial charge in [0.25, 0.3) is 0 Å². The Balaban J connectivity index is 2.15. The Morgan fingerprint density at radius 1 is 0.741 bits per heavy atom. The Morgan fingerprint density at radius 3 is 1.59 bits per heavy atom. The van der Waals surface area contributed by atoms with E-state index in [2.05, 4.69) is 46.5 Å². The topological polar surface area (TPSA) is 50.4 Å². The van der Waals surface area contributed by atoms with Gasteiger partial charge in [-0.1, -0.05) is 96.2 Å². The fourth-order valence-corrected chi connectivity index (χ4v) is 3.70. The summed E-state index contributed by atoms with van der Waals surface area (Å²) in [4.78, 5) is 4.40. The highest BCUT2D eigenvalue weighted by Gasteiger charge is 2.39. The third-order valence-corrected chi connectivity index (χ3v) is 4.78. The van der Waals surface area contributed by atoms with Crippen molar-refractivity contribution >= 4 is 6.21 Å². The van der Waals surface area contributed by atoms with Gasteiger partial charge in [-0.2, -0.15) is 0 Å². The molecule has 4 aromatic rings. The highest BCUT2D eigenvalue weighted by atomic mass is 16.4. The van der Waals surface area contributed by atoms with Gasteiger partial charge in [0, 0.05) is 12.4 Å². The van der Waals surface area contributed by atoms with E-state index in [0.717, 1.165) is 16.7 Å². The fourth-order valence-electron chi connectivity index (χ4n) is 3.70. The Morgan fingerprint density at radius 2 is 1.19 bits per heavy atom. The molecule has 1 heterocycles. The van der Waals surface area contributed by atoms with E-state index in [1.807, 2.05) is 65.4 Å². The molecular weight excluding hydrogens is 334 g/mol. The second-order valence-electron chi connectivity index (χ2n) is 6.21. The first-order valence-electron chi connectivity index (χ1n) is 8.75. The molecule has 0 aliphatic rings. The maximum atomic E-state index is 9.16. The van der Waals surface area contributed by atoms with Crippen LogP contribution in [0.5, 0.6) is 0 Å². The molecule has 0 spiro atoms. The molecule has 0 aliphatic heterocycles. The van der Waals surface area contributed by atoms with Crippen molar-refractivity contribution in [1.82, 2.24) is 9.55 Å². The Bertz CT molecular complexity index is 928. The molecule has 0 atom stereocenters. The molecule has 4 nitrogen and oxygen atoms in total. The van der Waals surface area contributed by atoms with Crippen molar-refractivity contribution in [1.29, 1.82) is 0 Å². The van der Waals surface area contributed by atoms with Gasteiger partial charge in [-0.25, -0.2) is 4.98 Å². The molecule has 0 unspecified atom stereocenters. The Kier molecular flexibility index (Phi) is 4.54. The molecule has 132 valence electrons. The molecule has 0 aliphatic carbocycles. The summed E-state index contributed by atoms with van der Waals surface area (Å²) in [6.07, 6.45) is 5.01. The summed E-state index contributed by atoms with van der Waals surface area (Å²) >= 11 is 0. The largest absolute Gasteiger partial charge is 0.411 e. The third kappa shape index (κ3) is 2.81. The van der Waals surface area contributed by atoms with Crippen LogP contribution in [-0.2, 0) is 5.54 Å². The van der Waals surface area contributed by atoms with Crippen LogP contribution < -0.4 is 0 Å². The first-order valence-corrected chi connectivity index (χ1v) is 8.75. The lowest BCUT2D eigenvalue weighted by molar-refractivity contribution is 0.321. The van der Waals surface area contributed by atoms with Crippen LogP contribution >= 0.6 is 0 Å². The number of oxime groups is 1. The quantitative estimate of drug-likeness (QED) is 0.248. The number of imidazole rings is 1. The second-order valence-corrected chi connectivity index (χ2v) is 6.21. The number of benzene rings is 3. The van der Waals surface area contributed by atoms with Crippen LogP contribution in [0, 0.1) is 0 Å². The monoisotopic (exact) mass is 353 g/mol. The van der Waals surface area contributed by atoms with E-state index >= 15 is 0 Å². The van der Waals surface area contributed by atoms with Crippen LogP contribution in [0.3, 0.4) is 0 Å². The van der Waals surface area contributed by atoms with Gasteiger partial charge in [0.1, 0.15) is 11.8 Å². The van der Waals surface area contributed by atoms with Crippen molar-refractivity contribution in [3.8, 4) is 0 Å². The van der Waals surface area contributed by atoms with Crippen LogP contribution in [0.4, 0.5) is 0 Å². The molecule has 27 heavy (non-hydrogen) atoms. The molecular formula is C23H19N3O. The lowest BCUT2D eigenvalue weighted by Crippen LogP contribution is -2.38. The standard InChI is InChI=1S/C23H19N3O/c27-25-18-22-24-16-17-26(22)23(19-10-4-1-5-11-19,20-12-6-2-7-13-20)21-14-8-3-9-15-21/h1-18,27H/b25-18-. The van der Waals surface area contributed by atoms with Crippen molar-refractivity contribution in [3.63, 3.8) is 0 Å². The van der Waals surface area contributed by atoms with Crippen molar-refractivity contribution in [3.05, 3.63) is 126 Å². The van der Waals surface area contributed by atoms with Crippen LogP contribution in [0.25, 0.3) is 0 Å². The number of aromatic nitrogens is 2. The number of hydrogen-bond donors (Lipinski definition) is 1. The molecule has 0 fully saturated rings. The predicted octanol–water partition coefficient (Wildman–Crippen LogP) is 4.53. The van der Waals surface area contributed by atoms with Gasteiger partial charge in [-0.3, -0.25) is 0 Å². The third-order valence-electron chi connectivity index (χ3n) is 4.78. The summed E-state index contributed by atoms with van der Waals surface area (Å²) in [6.45, 7) is 0. The van der Waals surface area contributed by atoms with E-state index in [4.69, 9.17) is 5.21 Å². The van der Waals surface area contributed by atoms with Gasteiger partial charge in [-0.15, -0.1) is 0 Å². The average Bonchev–Trinajstić information content (AvgIpc) is 3.20. The van der Waals surface area contributed by atoms with Crippen LogP contribution in [0.15, 0.2) is 109 Å². The zero-order chi connectivity index (χ0) is 18.5. The number of hydrogen-bond acceptors (Lipinski definition) is 3. The normalized spacial score (nSPS) is 11.7. The van der Waals surface area contributed by atoms with E-state index in [9.17, 15) is 0 Å². The van der Waals surface area contributed by atoms with E-state index in [-0.39, 0.29) is 0 Å². The first kappa shape index (κ1) is 16.8. The van der Waals surface area contributed by atoms with Gasteiger partial charge in [0.15, 0.2) is 5.82 Å².